The largest absolute Gasteiger partial charge is 0.366 e. The summed E-state index contributed by atoms with van der Waals surface area (Å²) in [6, 6.07) is 14.0. The fourth-order valence-electron chi connectivity index (χ4n) is 3.06. The number of anilines is 1. The van der Waals surface area contributed by atoms with Crippen molar-refractivity contribution in [3.8, 4) is 0 Å². The third kappa shape index (κ3) is 4.21. The maximum absolute atomic E-state index is 12.5. The molecule has 1 N–H and O–H groups in total. The van der Waals surface area contributed by atoms with Gasteiger partial charge >= 0.3 is 0 Å². The Kier molecular flexibility index (Phi) is 4.72. The van der Waals surface area contributed by atoms with Gasteiger partial charge in [-0.15, -0.1) is 5.10 Å². The van der Waals surface area contributed by atoms with Crippen molar-refractivity contribution in [2.45, 2.75) is 31.4 Å². The first kappa shape index (κ1) is 16.2. The molecule has 0 bridgehead atoms. The molecule has 0 radical (unpaired) electrons. The van der Waals surface area contributed by atoms with Gasteiger partial charge in [0.2, 0.25) is 0 Å². The lowest BCUT2D eigenvalue weighted by Gasteiger charge is -2.32. The number of benzene rings is 1. The van der Waals surface area contributed by atoms with Crippen LogP contribution in [0.4, 0.5) is 5.82 Å². The fourth-order valence-corrected chi connectivity index (χ4v) is 3.06. The average molecular weight is 338 g/mol. The highest BCUT2D eigenvalue weighted by Gasteiger charge is 2.28. The van der Waals surface area contributed by atoms with Gasteiger partial charge in [0.1, 0.15) is 6.10 Å². The second-order valence-corrected chi connectivity index (χ2v) is 6.69. The summed E-state index contributed by atoms with van der Waals surface area (Å²) in [5, 5.41) is 11.1. The van der Waals surface area contributed by atoms with E-state index in [4.69, 9.17) is 4.74 Å². The zero-order chi connectivity index (χ0) is 17.1. The predicted octanol–water partition coefficient (Wildman–Crippen LogP) is 2.19. The second kappa shape index (κ2) is 7.29. The lowest BCUT2D eigenvalue weighted by molar-refractivity contribution is -0.133. The minimum Gasteiger partial charge on any atom is -0.366 e. The van der Waals surface area contributed by atoms with Gasteiger partial charge in [-0.2, -0.15) is 5.10 Å². The minimum absolute atomic E-state index is 0.161. The Labute approximate surface area is 147 Å². The first-order valence-electron chi connectivity index (χ1n) is 8.80. The van der Waals surface area contributed by atoms with E-state index in [1.165, 1.54) is 18.4 Å². The van der Waals surface area contributed by atoms with E-state index in [0.717, 1.165) is 18.8 Å². The molecule has 1 saturated heterocycles. The van der Waals surface area contributed by atoms with E-state index in [1.807, 2.05) is 30.3 Å². The van der Waals surface area contributed by atoms with Crippen LogP contribution < -0.4 is 5.32 Å². The summed E-state index contributed by atoms with van der Waals surface area (Å²) >= 11 is 0. The van der Waals surface area contributed by atoms with E-state index in [0.29, 0.717) is 24.9 Å². The second-order valence-electron chi connectivity index (χ2n) is 6.69. The lowest BCUT2D eigenvalue weighted by Crippen LogP contribution is -2.47. The van der Waals surface area contributed by atoms with Gasteiger partial charge in [-0.1, -0.05) is 30.3 Å². The third-order valence-corrected chi connectivity index (χ3v) is 4.62. The van der Waals surface area contributed by atoms with Crippen molar-refractivity contribution in [1.82, 2.24) is 15.1 Å². The molecule has 2 heterocycles. The van der Waals surface area contributed by atoms with Gasteiger partial charge in [0.25, 0.3) is 5.91 Å². The summed E-state index contributed by atoms with van der Waals surface area (Å²) in [6.07, 6.45) is 1.89. The Morgan fingerprint density at radius 1 is 1.16 bits per heavy atom. The number of carbonyl (C=O) groups is 1. The van der Waals surface area contributed by atoms with Crippen LogP contribution in [0.5, 0.6) is 0 Å². The Balaban J connectivity index is 1.33. The van der Waals surface area contributed by atoms with Crippen molar-refractivity contribution in [2.24, 2.45) is 0 Å². The molecule has 1 aliphatic carbocycles. The highest BCUT2D eigenvalue weighted by atomic mass is 16.5. The van der Waals surface area contributed by atoms with Gasteiger partial charge in [0.15, 0.2) is 5.82 Å². The number of hydrogen-bond donors (Lipinski definition) is 1. The number of amides is 1. The monoisotopic (exact) mass is 338 g/mol. The quantitative estimate of drug-likeness (QED) is 0.905. The molecule has 6 heteroatoms. The topological polar surface area (TPSA) is 67.4 Å². The average Bonchev–Trinajstić information content (AvgIpc) is 3.49. The van der Waals surface area contributed by atoms with Gasteiger partial charge in [-0.3, -0.25) is 9.69 Å². The Bertz CT molecular complexity index is 716. The van der Waals surface area contributed by atoms with Crippen LogP contribution in [0.2, 0.25) is 0 Å². The smallest absolute Gasteiger partial charge is 0.256 e. The SMILES string of the molecule is O=C(Nc1ccc(C2CC2)nn1)C1CN(Cc2ccccc2)CCO1. The van der Waals surface area contributed by atoms with Crippen LogP contribution in [0, 0.1) is 0 Å². The van der Waals surface area contributed by atoms with Gasteiger partial charge in [0, 0.05) is 25.6 Å². The van der Waals surface area contributed by atoms with Crippen LogP contribution >= 0.6 is 0 Å². The van der Waals surface area contributed by atoms with Gasteiger partial charge in [0.05, 0.1) is 12.3 Å². The van der Waals surface area contributed by atoms with Crippen LogP contribution in [-0.4, -0.2) is 46.8 Å². The number of aromatic nitrogens is 2. The molecule has 2 aliphatic rings. The van der Waals surface area contributed by atoms with Crippen molar-refractivity contribution in [2.75, 3.05) is 25.0 Å². The van der Waals surface area contributed by atoms with E-state index in [2.05, 4.69) is 32.5 Å². The molecule has 25 heavy (non-hydrogen) atoms. The predicted molar refractivity (Wildman–Crippen MR) is 94.1 cm³/mol. The first-order chi connectivity index (χ1) is 12.3. The van der Waals surface area contributed by atoms with Crippen LogP contribution in [-0.2, 0) is 16.1 Å². The first-order valence-corrected chi connectivity index (χ1v) is 8.80. The maximum atomic E-state index is 12.5. The van der Waals surface area contributed by atoms with Crippen LogP contribution in [0.3, 0.4) is 0 Å². The number of hydrogen-bond acceptors (Lipinski definition) is 5. The number of nitrogens with zero attached hydrogens (tertiary/aromatic N) is 3. The number of ether oxygens (including phenoxy) is 1. The number of carbonyl (C=O) groups excluding carboxylic acids is 1. The van der Waals surface area contributed by atoms with Crippen molar-refractivity contribution in [3.63, 3.8) is 0 Å². The van der Waals surface area contributed by atoms with Crippen LogP contribution in [0.25, 0.3) is 0 Å². The minimum atomic E-state index is -0.484. The summed E-state index contributed by atoms with van der Waals surface area (Å²) in [5.74, 6) is 0.884. The number of morpholine rings is 1. The Morgan fingerprint density at radius 2 is 2.00 bits per heavy atom. The third-order valence-electron chi connectivity index (χ3n) is 4.62. The van der Waals surface area contributed by atoms with Crippen molar-refractivity contribution in [3.05, 3.63) is 53.7 Å². The molecular weight excluding hydrogens is 316 g/mol. The van der Waals surface area contributed by atoms with Crippen LogP contribution in [0.15, 0.2) is 42.5 Å². The van der Waals surface area contributed by atoms with E-state index >= 15 is 0 Å². The highest BCUT2D eigenvalue weighted by Crippen LogP contribution is 2.38. The molecule has 1 aromatic carbocycles. The summed E-state index contributed by atoms with van der Waals surface area (Å²) in [5.41, 5.74) is 2.26. The standard InChI is InChI=1S/C19H22N4O2/c24-19(20-18-9-8-16(21-22-18)15-6-7-15)17-13-23(10-11-25-17)12-14-4-2-1-3-5-14/h1-5,8-9,15,17H,6-7,10-13H2,(H,20,22,24). The molecule has 1 aliphatic heterocycles. The summed E-state index contributed by atoms with van der Waals surface area (Å²) in [6.45, 7) is 2.78. The molecule has 4 rings (SSSR count). The molecule has 1 unspecified atom stereocenters. The molecule has 6 nitrogen and oxygen atoms in total. The van der Waals surface area contributed by atoms with E-state index in [1.54, 1.807) is 0 Å². The summed E-state index contributed by atoms with van der Waals surface area (Å²) in [7, 11) is 0. The molecule has 1 saturated carbocycles. The maximum Gasteiger partial charge on any atom is 0.256 e. The molecule has 2 fully saturated rings. The van der Waals surface area contributed by atoms with Crippen LogP contribution in [0.1, 0.15) is 30.0 Å². The van der Waals surface area contributed by atoms with E-state index in [9.17, 15) is 4.79 Å². The fraction of sp³-hybridized carbons (Fsp3) is 0.421. The number of rotatable bonds is 5. The zero-order valence-electron chi connectivity index (χ0n) is 14.1. The zero-order valence-corrected chi connectivity index (χ0v) is 14.1. The van der Waals surface area contributed by atoms with Crippen molar-refractivity contribution in [1.29, 1.82) is 0 Å². The molecule has 1 amide bonds. The molecule has 0 spiro atoms. The molecule has 1 atom stereocenters. The lowest BCUT2D eigenvalue weighted by atomic mass is 10.2. The van der Waals surface area contributed by atoms with Gasteiger partial charge < -0.3 is 10.1 Å². The Morgan fingerprint density at radius 3 is 2.72 bits per heavy atom. The molecule has 130 valence electrons. The highest BCUT2D eigenvalue weighted by molar-refractivity contribution is 5.93. The summed E-state index contributed by atoms with van der Waals surface area (Å²) in [4.78, 5) is 14.7. The number of nitrogens with one attached hydrogen (secondary N) is 1. The molecule has 2 aromatic rings. The van der Waals surface area contributed by atoms with Gasteiger partial charge in [-0.05, 0) is 30.5 Å². The van der Waals surface area contributed by atoms with Gasteiger partial charge in [-0.25, -0.2) is 0 Å². The van der Waals surface area contributed by atoms with Crippen molar-refractivity contribution < 1.29 is 9.53 Å². The van der Waals surface area contributed by atoms with E-state index in [-0.39, 0.29) is 5.91 Å². The normalized spacial score (nSPS) is 21.0. The summed E-state index contributed by atoms with van der Waals surface area (Å²) < 4.78 is 5.65. The van der Waals surface area contributed by atoms with E-state index < -0.39 is 6.10 Å². The molecular formula is C19H22N4O2. The Hall–Kier alpha value is -2.31. The van der Waals surface area contributed by atoms with Crippen molar-refractivity contribution >= 4 is 11.7 Å². The molecule has 1 aromatic heterocycles.